The van der Waals surface area contributed by atoms with Crippen molar-refractivity contribution in [3.63, 3.8) is 0 Å². The monoisotopic (exact) mass is 441 g/mol. The third-order valence-corrected chi connectivity index (χ3v) is 6.08. The van der Waals surface area contributed by atoms with Crippen LogP contribution in [0.5, 0.6) is 0 Å². The molecule has 1 atom stereocenters. The van der Waals surface area contributed by atoms with Gasteiger partial charge in [-0.05, 0) is 48.4 Å². The number of aromatic nitrogens is 1. The molecule has 10 heteroatoms. The third kappa shape index (κ3) is 5.55. The molecule has 5 nitrogen and oxygen atoms in total. The Kier molecular flexibility index (Phi) is 5.97. The smallest absolute Gasteiger partial charge is 0.332 e. The van der Waals surface area contributed by atoms with Crippen molar-refractivity contribution in [1.82, 2.24) is 4.98 Å². The largest absolute Gasteiger partial charge is 0.416 e. The van der Waals surface area contributed by atoms with Crippen molar-refractivity contribution < 1.29 is 21.6 Å². The Morgan fingerprint density at radius 1 is 1.10 bits per heavy atom. The van der Waals surface area contributed by atoms with Gasteiger partial charge in [-0.15, -0.1) is 11.3 Å². The maximum absolute atomic E-state index is 12.6. The summed E-state index contributed by atoms with van der Waals surface area (Å²) in [6, 6.07) is 10.7. The summed E-state index contributed by atoms with van der Waals surface area (Å²) < 4.78 is 60.9. The zero-order valence-electron chi connectivity index (χ0n) is 15.3. The minimum atomic E-state index is -4.37. The Hall–Kier alpha value is -2.43. The van der Waals surface area contributed by atoms with Crippen LogP contribution < -0.4 is 11.1 Å². The van der Waals surface area contributed by atoms with E-state index in [4.69, 9.17) is 5.73 Å². The Morgan fingerprint density at radius 3 is 2.28 bits per heavy atom. The highest BCUT2D eigenvalue weighted by Crippen LogP contribution is 2.30. The summed E-state index contributed by atoms with van der Waals surface area (Å²) in [5.74, 6) is 0. The molecule has 0 fully saturated rings. The molecular formula is C19H18F3N3O2S2. The fourth-order valence-corrected chi connectivity index (χ4v) is 4.04. The maximum Gasteiger partial charge on any atom is 0.416 e. The molecule has 29 heavy (non-hydrogen) atoms. The number of alkyl halides is 3. The molecule has 1 aromatic heterocycles. The first kappa shape index (κ1) is 21.3. The Bertz CT molecular complexity index is 1080. The van der Waals surface area contributed by atoms with Crippen LogP contribution in [-0.2, 0) is 22.4 Å². The molecule has 0 aliphatic heterocycles. The first-order valence-corrected chi connectivity index (χ1v) is 11.2. The summed E-state index contributed by atoms with van der Waals surface area (Å²) >= 11 is 1.33. The van der Waals surface area contributed by atoms with Crippen LogP contribution in [0.2, 0.25) is 0 Å². The molecule has 3 N–H and O–H groups in total. The van der Waals surface area contributed by atoms with E-state index in [2.05, 4.69) is 10.3 Å². The van der Waals surface area contributed by atoms with Crippen molar-refractivity contribution in [3.8, 4) is 0 Å². The zero-order valence-corrected chi connectivity index (χ0v) is 16.9. The molecule has 2 aromatic carbocycles. The highest BCUT2D eigenvalue weighted by Gasteiger charge is 2.30. The van der Waals surface area contributed by atoms with E-state index in [9.17, 15) is 21.6 Å². The minimum Gasteiger partial charge on any atom is -0.332 e. The number of thiazole rings is 1. The second-order valence-electron chi connectivity index (χ2n) is 6.50. The van der Waals surface area contributed by atoms with E-state index in [0.29, 0.717) is 28.5 Å². The summed E-state index contributed by atoms with van der Waals surface area (Å²) in [6.07, 6.45) is -2.87. The van der Waals surface area contributed by atoms with Crippen molar-refractivity contribution in [3.05, 3.63) is 70.7 Å². The average molecular weight is 442 g/mol. The molecule has 0 radical (unpaired) electrons. The Morgan fingerprint density at radius 2 is 1.72 bits per heavy atom. The zero-order chi connectivity index (χ0) is 21.2. The Labute approximate surface area is 170 Å². The molecule has 0 bridgehead atoms. The SMILES string of the molecule is CS(=O)(=O)c1ccc(Nc2nc(C(N)Cc3ccc(C(F)(F)F)cc3)cs2)cc1. The summed E-state index contributed by atoms with van der Waals surface area (Å²) in [5.41, 5.74) is 7.43. The van der Waals surface area contributed by atoms with Crippen LogP contribution >= 0.6 is 11.3 Å². The van der Waals surface area contributed by atoms with Gasteiger partial charge in [0.1, 0.15) is 0 Å². The molecule has 0 saturated heterocycles. The van der Waals surface area contributed by atoms with E-state index in [1.807, 2.05) is 0 Å². The number of nitrogens with zero attached hydrogens (tertiary/aromatic N) is 1. The predicted octanol–water partition coefficient (Wildman–Crippen LogP) is 4.55. The lowest BCUT2D eigenvalue weighted by Gasteiger charge is -2.11. The predicted molar refractivity (Wildman–Crippen MR) is 107 cm³/mol. The van der Waals surface area contributed by atoms with Gasteiger partial charge in [0.25, 0.3) is 0 Å². The van der Waals surface area contributed by atoms with E-state index in [1.165, 1.54) is 35.6 Å². The second-order valence-corrected chi connectivity index (χ2v) is 9.38. The quantitative estimate of drug-likeness (QED) is 0.586. The van der Waals surface area contributed by atoms with Gasteiger partial charge in [-0.2, -0.15) is 13.2 Å². The molecule has 0 spiro atoms. The molecule has 0 amide bonds. The van der Waals surface area contributed by atoms with Crippen LogP contribution in [0, 0.1) is 0 Å². The summed E-state index contributed by atoms with van der Waals surface area (Å²) in [4.78, 5) is 4.64. The van der Waals surface area contributed by atoms with Gasteiger partial charge >= 0.3 is 6.18 Å². The lowest BCUT2D eigenvalue weighted by atomic mass is 10.0. The number of nitrogens with one attached hydrogen (secondary N) is 1. The fourth-order valence-electron chi connectivity index (χ4n) is 2.61. The van der Waals surface area contributed by atoms with Gasteiger partial charge in [-0.25, -0.2) is 13.4 Å². The molecule has 154 valence electrons. The molecule has 1 heterocycles. The molecular weight excluding hydrogens is 423 g/mol. The van der Waals surface area contributed by atoms with Gasteiger partial charge in [-0.1, -0.05) is 12.1 Å². The van der Waals surface area contributed by atoms with Crippen LogP contribution in [0.25, 0.3) is 0 Å². The number of rotatable bonds is 6. The normalized spacial score (nSPS) is 13.3. The number of halogens is 3. The average Bonchev–Trinajstić information content (AvgIpc) is 3.10. The standard InChI is InChI=1S/C19H18F3N3O2S2/c1-29(26,27)15-8-6-14(7-9-15)24-18-25-17(11-28-18)16(23)10-12-2-4-13(5-3-12)19(20,21)22/h2-9,11,16H,10,23H2,1H3,(H,24,25). The molecule has 1 unspecified atom stereocenters. The van der Waals surface area contributed by atoms with Crippen LogP contribution in [-0.4, -0.2) is 19.7 Å². The van der Waals surface area contributed by atoms with Crippen molar-refractivity contribution >= 4 is 32.0 Å². The van der Waals surface area contributed by atoms with E-state index < -0.39 is 27.6 Å². The third-order valence-electron chi connectivity index (χ3n) is 4.17. The molecule has 3 aromatic rings. The molecule has 0 aliphatic rings. The number of hydrogen-bond acceptors (Lipinski definition) is 6. The maximum atomic E-state index is 12.6. The summed E-state index contributed by atoms with van der Waals surface area (Å²) in [6.45, 7) is 0. The first-order chi connectivity index (χ1) is 13.5. The van der Waals surface area contributed by atoms with Gasteiger partial charge in [0, 0.05) is 17.3 Å². The molecule has 0 aliphatic carbocycles. The Balaban J connectivity index is 1.64. The highest BCUT2D eigenvalue weighted by molar-refractivity contribution is 7.90. The van der Waals surface area contributed by atoms with Crippen molar-refractivity contribution in [2.24, 2.45) is 5.73 Å². The van der Waals surface area contributed by atoms with Gasteiger partial charge in [-0.3, -0.25) is 0 Å². The number of benzene rings is 2. The van der Waals surface area contributed by atoms with Crippen molar-refractivity contribution in [1.29, 1.82) is 0 Å². The van der Waals surface area contributed by atoms with Crippen LogP contribution in [0.1, 0.15) is 22.9 Å². The number of nitrogens with two attached hydrogens (primary N) is 1. The highest BCUT2D eigenvalue weighted by atomic mass is 32.2. The van der Waals surface area contributed by atoms with E-state index in [1.54, 1.807) is 17.5 Å². The van der Waals surface area contributed by atoms with Crippen molar-refractivity contribution in [2.45, 2.75) is 23.5 Å². The van der Waals surface area contributed by atoms with Crippen molar-refractivity contribution in [2.75, 3.05) is 11.6 Å². The van der Waals surface area contributed by atoms with E-state index >= 15 is 0 Å². The molecule has 3 rings (SSSR count). The minimum absolute atomic E-state index is 0.224. The van der Waals surface area contributed by atoms with Crippen LogP contribution in [0.4, 0.5) is 24.0 Å². The second kappa shape index (κ2) is 8.13. The number of sulfone groups is 1. The van der Waals surface area contributed by atoms with Crippen LogP contribution in [0.15, 0.2) is 58.8 Å². The summed E-state index contributed by atoms with van der Waals surface area (Å²) in [7, 11) is -3.26. The lowest BCUT2D eigenvalue weighted by molar-refractivity contribution is -0.137. The number of hydrogen-bond donors (Lipinski definition) is 2. The van der Waals surface area contributed by atoms with Gasteiger partial charge in [0.2, 0.25) is 0 Å². The number of anilines is 2. The van der Waals surface area contributed by atoms with Gasteiger partial charge in [0.15, 0.2) is 15.0 Å². The molecule has 0 saturated carbocycles. The summed E-state index contributed by atoms with van der Waals surface area (Å²) in [5, 5.41) is 5.44. The van der Waals surface area contributed by atoms with E-state index in [-0.39, 0.29) is 4.90 Å². The fraction of sp³-hybridized carbons (Fsp3) is 0.211. The van der Waals surface area contributed by atoms with Crippen LogP contribution in [0.3, 0.4) is 0 Å². The van der Waals surface area contributed by atoms with Gasteiger partial charge in [0.05, 0.1) is 22.2 Å². The first-order valence-electron chi connectivity index (χ1n) is 8.46. The lowest BCUT2D eigenvalue weighted by Crippen LogP contribution is -2.14. The van der Waals surface area contributed by atoms with E-state index in [0.717, 1.165) is 18.4 Å². The van der Waals surface area contributed by atoms with Gasteiger partial charge < -0.3 is 11.1 Å². The topological polar surface area (TPSA) is 85.1 Å².